The summed E-state index contributed by atoms with van der Waals surface area (Å²) in [6.07, 6.45) is 2.51. The van der Waals surface area contributed by atoms with E-state index in [4.69, 9.17) is 5.11 Å². The number of nitrogens with two attached hydrogens (primary N) is 3. The largest absolute Gasteiger partial charge is 0.478 e. The summed E-state index contributed by atoms with van der Waals surface area (Å²) in [4.78, 5) is 10.0. The summed E-state index contributed by atoms with van der Waals surface area (Å²) in [5.41, 5.74) is 13.7. The van der Waals surface area contributed by atoms with Crippen LogP contribution in [-0.2, 0) is 0 Å². The van der Waals surface area contributed by atoms with E-state index in [1.807, 2.05) is 0 Å². The molecule has 0 aliphatic carbocycles. The van der Waals surface area contributed by atoms with Gasteiger partial charge in [0.05, 0.1) is 11.8 Å². The molecule has 14 heavy (non-hydrogen) atoms. The molecule has 1 aromatic rings. The molecule has 0 unspecified atom stereocenters. The molecule has 0 atom stereocenters. The summed E-state index contributed by atoms with van der Waals surface area (Å²) in [7, 11) is 4.50. The van der Waals surface area contributed by atoms with Gasteiger partial charge in [0, 0.05) is 0 Å². The predicted octanol–water partition coefficient (Wildman–Crippen LogP) is -0.297. The van der Waals surface area contributed by atoms with Crippen molar-refractivity contribution in [3.8, 4) is 0 Å². The minimum absolute atomic E-state index is 0.185. The lowest BCUT2D eigenvalue weighted by molar-refractivity contribution is 0.0696. The van der Waals surface area contributed by atoms with Gasteiger partial charge < -0.3 is 26.7 Å². The van der Waals surface area contributed by atoms with Crippen LogP contribution in [-0.4, -0.2) is 32.2 Å². The average Bonchev–Trinajstić information content (AvgIpc) is 2.80. The second-order valence-corrected chi connectivity index (χ2v) is 1.32. The van der Waals surface area contributed by atoms with Crippen molar-refractivity contribution in [2.45, 2.75) is 0 Å². The van der Waals surface area contributed by atoms with E-state index in [-0.39, 0.29) is 5.56 Å². The maximum absolute atomic E-state index is 10.0. The Labute approximate surface area is 83.7 Å². The number of aromatic carboxylic acids is 1. The highest BCUT2D eigenvalue weighted by molar-refractivity contribution is 5.86. The standard InChI is InChI=1S/C5H4O3.3CH5N/c6-5(7)4-1-2-8-3-4;3*1-2/h1-3H,(H,6,7);3*2H2,1H3. The molecule has 0 bridgehead atoms. The highest BCUT2D eigenvalue weighted by atomic mass is 16.4. The molecular weight excluding hydrogens is 186 g/mol. The molecule has 1 aromatic heterocycles. The molecule has 0 saturated heterocycles. The monoisotopic (exact) mass is 205 g/mol. The first-order chi connectivity index (χ1) is 6.80. The topological polar surface area (TPSA) is 128 Å². The van der Waals surface area contributed by atoms with Crippen molar-refractivity contribution < 1.29 is 14.3 Å². The number of rotatable bonds is 1. The zero-order valence-corrected chi connectivity index (χ0v) is 8.73. The van der Waals surface area contributed by atoms with Gasteiger partial charge in [-0.3, -0.25) is 0 Å². The van der Waals surface area contributed by atoms with Crippen LogP contribution in [0.3, 0.4) is 0 Å². The van der Waals surface area contributed by atoms with Gasteiger partial charge in [-0.15, -0.1) is 0 Å². The van der Waals surface area contributed by atoms with E-state index in [0.29, 0.717) is 0 Å². The lowest BCUT2D eigenvalue weighted by atomic mass is 10.4. The fourth-order valence-corrected chi connectivity index (χ4v) is 0.386. The number of carboxylic acid groups (broad SMARTS) is 1. The van der Waals surface area contributed by atoms with Crippen LogP contribution in [0, 0.1) is 0 Å². The van der Waals surface area contributed by atoms with E-state index in [9.17, 15) is 4.79 Å². The summed E-state index contributed by atoms with van der Waals surface area (Å²) < 4.78 is 4.49. The minimum atomic E-state index is -0.959. The van der Waals surface area contributed by atoms with Crippen molar-refractivity contribution in [1.82, 2.24) is 0 Å². The zero-order valence-electron chi connectivity index (χ0n) is 8.73. The average molecular weight is 205 g/mol. The van der Waals surface area contributed by atoms with Gasteiger partial charge in [0.2, 0.25) is 0 Å². The van der Waals surface area contributed by atoms with Crippen LogP contribution in [0.5, 0.6) is 0 Å². The van der Waals surface area contributed by atoms with Gasteiger partial charge in [0.1, 0.15) is 6.26 Å². The van der Waals surface area contributed by atoms with Crippen molar-refractivity contribution >= 4 is 5.97 Å². The van der Waals surface area contributed by atoms with Gasteiger partial charge >= 0.3 is 5.97 Å². The first-order valence-electron chi connectivity index (χ1n) is 3.79. The maximum atomic E-state index is 10.0. The van der Waals surface area contributed by atoms with Crippen LogP contribution in [0.2, 0.25) is 0 Å². The Hall–Kier alpha value is -1.37. The van der Waals surface area contributed by atoms with Crippen molar-refractivity contribution in [2.24, 2.45) is 17.2 Å². The van der Waals surface area contributed by atoms with Crippen LogP contribution < -0.4 is 17.2 Å². The summed E-state index contributed by atoms with van der Waals surface area (Å²) in [5, 5.41) is 8.21. The van der Waals surface area contributed by atoms with E-state index < -0.39 is 5.97 Å². The second-order valence-electron chi connectivity index (χ2n) is 1.32. The van der Waals surface area contributed by atoms with Crippen LogP contribution in [0.4, 0.5) is 0 Å². The fourth-order valence-electron chi connectivity index (χ4n) is 0.386. The highest BCUT2D eigenvalue weighted by Gasteiger charge is 2.00. The molecule has 0 spiro atoms. The third-order valence-corrected chi connectivity index (χ3v) is 0.768. The second kappa shape index (κ2) is 17.6. The summed E-state index contributed by atoms with van der Waals surface area (Å²) in [6, 6.07) is 1.39. The quantitative estimate of drug-likeness (QED) is 0.498. The smallest absolute Gasteiger partial charge is 0.338 e. The Balaban J connectivity index is -0.000000174. The lowest BCUT2D eigenvalue weighted by Crippen LogP contribution is -1.90. The molecule has 0 saturated carbocycles. The van der Waals surface area contributed by atoms with Crippen LogP contribution in [0.15, 0.2) is 23.0 Å². The van der Waals surface area contributed by atoms with E-state index in [1.165, 1.54) is 39.7 Å². The molecule has 84 valence electrons. The predicted molar refractivity (Wildman–Crippen MR) is 56.0 cm³/mol. The SMILES string of the molecule is CN.CN.CN.O=C(O)c1ccoc1. The Bertz CT molecular complexity index is 188. The molecular formula is C8H19N3O3. The van der Waals surface area contributed by atoms with Gasteiger partial charge in [-0.25, -0.2) is 4.79 Å². The van der Waals surface area contributed by atoms with E-state index in [2.05, 4.69) is 21.6 Å². The van der Waals surface area contributed by atoms with Crippen LogP contribution >= 0.6 is 0 Å². The molecule has 0 aliphatic heterocycles. The van der Waals surface area contributed by atoms with Crippen molar-refractivity contribution in [3.63, 3.8) is 0 Å². The molecule has 1 rings (SSSR count). The maximum Gasteiger partial charge on any atom is 0.338 e. The number of furan rings is 1. The highest BCUT2D eigenvalue weighted by Crippen LogP contribution is 1.97. The zero-order chi connectivity index (χ0) is 12.0. The molecule has 0 amide bonds. The van der Waals surface area contributed by atoms with E-state index in [1.54, 1.807) is 0 Å². The van der Waals surface area contributed by atoms with E-state index >= 15 is 0 Å². The van der Waals surface area contributed by atoms with Gasteiger partial charge in [-0.2, -0.15) is 0 Å². The summed E-state index contributed by atoms with van der Waals surface area (Å²) in [5.74, 6) is -0.959. The summed E-state index contributed by atoms with van der Waals surface area (Å²) >= 11 is 0. The molecule has 0 aliphatic rings. The van der Waals surface area contributed by atoms with Gasteiger partial charge in [0.15, 0.2) is 0 Å². The lowest BCUT2D eigenvalue weighted by Gasteiger charge is -1.77. The molecule has 0 radical (unpaired) electrons. The Morgan fingerprint density at radius 3 is 1.79 bits per heavy atom. The van der Waals surface area contributed by atoms with E-state index in [0.717, 1.165) is 0 Å². The molecule has 6 nitrogen and oxygen atoms in total. The normalized spacial score (nSPS) is 6.43. The number of hydrogen-bond donors (Lipinski definition) is 4. The summed E-state index contributed by atoms with van der Waals surface area (Å²) in [6.45, 7) is 0. The number of carbonyl (C=O) groups is 1. The minimum Gasteiger partial charge on any atom is -0.478 e. The Kier molecular flexibility index (Phi) is 23.2. The molecule has 7 N–H and O–H groups in total. The van der Waals surface area contributed by atoms with Gasteiger partial charge in [-0.1, -0.05) is 0 Å². The van der Waals surface area contributed by atoms with Crippen LogP contribution in [0.25, 0.3) is 0 Å². The first-order valence-corrected chi connectivity index (χ1v) is 3.79. The third kappa shape index (κ3) is 10.6. The molecule has 1 heterocycles. The third-order valence-electron chi connectivity index (χ3n) is 0.768. The Morgan fingerprint density at radius 2 is 1.64 bits per heavy atom. The number of carboxylic acids is 1. The molecule has 0 fully saturated rings. The van der Waals surface area contributed by atoms with Crippen molar-refractivity contribution in [2.75, 3.05) is 21.1 Å². The van der Waals surface area contributed by atoms with Crippen molar-refractivity contribution in [1.29, 1.82) is 0 Å². The molecule has 6 heteroatoms. The fraction of sp³-hybridized carbons (Fsp3) is 0.375. The Morgan fingerprint density at radius 1 is 1.21 bits per heavy atom. The number of hydrogen-bond acceptors (Lipinski definition) is 5. The van der Waals surface area contributed by atoms with Gasteiger partial charge in [-0.05, 0) is 27.2 Å². The van der Waals surface area contributed by atoms with Gasteiger partial charge in [0.25, 0.3) is 0 Å². The molecule has 0 aromatic carbocycles. The van der Waals surface area contributed by atoms with Crippen molar-refractivity contribution in [3.05, 3.63) is 24.2 Å². The first kappa shape index (κ1) is 18.4. The van der Waals surface area contributed by atoms with Crippen LogP contribution in [0.1, 0.15) is 10.4 Å².